The van der Waals surface area contributed by atoms with E-state index >= 15 is 4.79 Å². The molecule has 41 heavy (non-hydrogen) atoms. The summed E-state index contributed by atoms with van der Waals surface area (Å²) >= 11 is 12.4. The molecule has 0 N–H and O–H groups in total. The first-order valence-corrected chi connectivity index (χ1v) is 13.7. The molecule has 1 aliphatic heterocycles. The van der Waals surface area contributed by atoms with Gasteiger partial charge in [-0.15, -0.1) is 0 Å². The third-order valence-corrected chi connectivity index (χ3v) is 7.85. The molecule has 1 aromatic heterocycles. The van der Waals surface area contributed by atoms with Crippen LogP contribution >= 0.6 is 23.2 Å². The minimum Gasteiger partial charge on any atom is -0.497 e. The summed E-state index contributed by atoms with van der Waals surface area (Å²) < 4.78 is 11.3. The molecule has 0 radical (unpaired) electrons. The van der Waals surface area contributed by atoms with E-state index in [-0.39, 0.29) is 5.78 Å². The molecular formula is C33H24Cl2N2O4. The standard InChI is InChI=1S/C33H24Cl2N2O4/c1-33(30(22-10-16-25(35)17-11-22)37-41-32(33)23-6-4-3-5-7-23)31(38)27-28(20-8-14-24(34)15-9-20)36-40-29(27)21-12-18-26(39-2)19-13-21/h3-19,32H,1-2H3. The Hall–Kier alpha value is -4.39. The van der Waals surface area contributed by atoms with Crippen LogP contribution in [0.25, 0.3) is 22.6 Å². The topological polar surface area (TPSA) is 73.9 Å². The van der Waals surface area contributed by atoms with Crippen LogP contribution in [0, 0.1) is 5.41 Å². The predicted octanol–water partition coefficient (Wildman–Crippen LogP) is 8.69. The number of halogens is 2. The summed E-state index contributed by atoms with van der Waals surface area (Å²) in [5, 5.41) is 10.0. The Bertz CT molecular complexity index is 1730. The molecule has 2 unspecified atom stereocenters. The fraction of sp³-hybridized carbons (Fsp3) is 0.121. The molecule has 0 saturated heterocycles. The SMILES string of the molecule is COc1ccc(-c2onc(-c3ccc(Cl)cc3)c2C(=O)C2(C)C(c3ccc(Cl)cc3)=NOC2c2ccccc2)cc1. The molecule has 6 nitrogen and oxygen atoms in total. The fourth-order valence-corrected chi connectivity index (χ4v) is 5.40. The largest absolute Gasteiger partial charge is 0.497 e. The number of rotatable bonds is 7. The zero-order valence-electron chi connectivity index (χ0n) is 22.2. The molecule has 0 fully saturated rings. The van der Waals surface area contributed by atoms with Crippen LogP contribution in [0.1, 0.15) is 34.5 Å². The number of carbonyl (C=O) groups excluding carboxylic acids is 1. The quantitative estimate of drug-likeness (QED) is 0.179. The van der Waals surface area contributed by atoms with Crippen LogP contribution in [0.5, 0.6) is 5.75 Å². The van der Waals surface area contributed by atoms with E-state index in [0.29, 0.717) is 49.7 Å². The lowest BCUT2D eigenvalue weighted by molar-refractivity contribution is 0.0279. The number of ether oxygens (including phenoxy) is 1. The van der Waals surface area contributed by atoms with E-state index in [1.165, 1.54) is 0 Å². The number of nitrogens with zero attached hydrogens (tertiary/aromatic N) is 2. The summed E-state index contributed by atoms with van der Waals surface area (Å²) in [6.45, 7) is 1.85. The number of hydrogen-bond donors (Lipinski definition) is 0. The summed E-state index contributed by atoms with van der Waals surface area (Å²) in [6.07, 6.45) is -0.710. The monoisotopic (exact) mass is 582 g/mol. The first kappa shape index (κ1) is 26.8. The van der Waals surface area contributed by atoms with Crippen LogP contribution in [0.2, 0.25) is 10.0 Å². The average Bonchev–Trinajstić information content (AvgIpc) is 3.60. The molecule has 0 bridgehead atoms. The van der Waals surface area contributed by atoms with Crippen LogP contribution < -0.4 is 4.74 Å². The van der Waals surface area contributed by atoms with E-state index in [1.807, 2.05) is 85.8 Å². The van der Waals surface area contributed by atoms with Crippen molar-refractivity contribution in [2.45, 2.75) is 13.0 Å². The highest BCUT2D eigenvalue weighted by molar-refractivity contribution is 6.31. The molecule has 0 saturated carbocycles. The molecule has 0 aliphatic carbocycles. The van der Waals surface area contributed by atoms with Crippen molar-refractivity contribution in [1.82, 2.24) is 5.16 Å². The lowest BCUT2D eigenvalue weighted by Crippen LogP contribution is -2.40. The zero-order valence-corrected chi connectivity index (χ0v) is 23.7. The minimum atomic E-state index is -1.26. The molecule has 8 heteroatoms. The van der Waals surface area contributed by atoms with Crippen molar-refractivity contribution < 1.29 is 18.9 Å². The fourth-order valence-electron chi connectivity index (χ4n) is 5.14. The normalized spacial score (nSPS) is 18.0. The van der Waals surface area contributed by atoms with E-state index < -0.39 is 11.5 Å². The molecule has 0 spiro atoms. The van der Waals surface area contributed by atoms with Gasteiger partial charge in [-0.3, -0.25) is 4.79 Å². The van der Waals surface area contributed by atoms with Gasteiger partial charge < -0.3 is 14.1 Å². The van der Waals surface area contributed by atoms with E-state index in [4.69, 9.17) is 37.3 Å². The number of methoxy groups -OCH3 is 1. The van der Waals surface area contributed by atoms with Crippen LogP contribution in [-0.4, -0.2) is 23.8 Å². The van der Waals surface area contributed by atoms with Crippen LogP contribution in [0.3, 0.4) is 0 Å². The van der Waals surface area contributed by atoms with Crippen molar-refractivity contribution >= 4 is 34.7 Å². The van der Waals surface area contributed by atoms with Gasteiger partial charge in [-0.05, 0) is 61.0 Å². The van der Waals surface area contributed by atoms with Crippen molar-refractivity contribution in [2.75, 3.05) is 7.11 Å². The second-order valence-electron chi connectivity index (χ2n) is 9.85. The lowest BCUT2D eigenvalue weighted by atomic mass is 9.69. The zero-order chi connectivity index (χ0) is 28.6. The summed E-state index contributed by atoms with van der Waals surface area (Å²) in [7, 11) is 1.60. The second-order valence-corrected chi connectivity index (χ2v) is 10.7. The molecule has 5 aromatic rings. The van der Waals surface area contributed by atoms with Gasteiger partial charge in [0.05, 0.1) is 12.7 Å². The highest BCUT2D eigenvalue weighted by atomic mass is 35.5. The number of benzene rings is 4. The van der Waals surface area contributed by atoms with Gasteiger partial charge in [0.2, 0.25) is 0 Å². The first-order valence-electron chi connectivity index (χ1n) is 12.9. The maximum atomic E-state index is 15.1. The Morgan fingerprint density at radius 1 is 0.805 bits per heavy atom. The highest BCUT2D eigenvalue weighted by Gasteiger charge is 2.55. The highest BCUT2D eigenvalue weighted by Crippen LogP contribution is 2.49. The third-order valence-electron chi connectivity index (χ3n) is 7.35. The second kappa shape index (κ2) is 10.9. The van der Waals surface area contributed by atoms with E-state index in [2.05, 4.69) is 10.3 Å². The summed E-state index contributed by atoms with van der Waals surface area (Å²) in [4.78, 5) is 21.2. The number of aromatic nitrogens is 1. The number of carbonyl (C=O) groups is 1. The van der Waals surface area contributed by atoms with Crippen LogP contribution in [0.4, 0.5) is 0 Å². The van der Waals surface area contributed by atoms with Crippen molar-refractivity contribution in [1.29, 1.82) is 0 Å². The first-order chi connectivity index (χ1) is 19.9. The predicted molar refractivity (Wildman–Crippen MR) is 160 cm³/mol. The molecule has 204 valence electrons. The Morgan fingerprint density at radius 2 is 1.39 bits per heavy atom. The summed E-state index contributed by atoms with van der Waals surface area (Å²) in [5.41, 5.74) is 2.82. The van der Waals surface area contributed by atoms with Crippen molar-refractivity contribution in [3.05, 3.63) is 130 Å². The van der Waals surface area contributed by atoms with Gasteiger partial charge >= 0.3 is 0 Å². The Balaban J connectivity index is 1.57. The number of hydrogen-bond acceptors (Lipinski definition) is 6. The molecular weight excluding hydrogens is 559 g/mol. The molecule has 1 aliphatic rings. The van der Waals surface area contributed by atoms with E-state index in [0.717, 1.165) is 11.1 Å². The Morgan fingerprint density at radius 3 is 2.00 bits per heavy atom. The van der Waals surface area contributed by atoms with Gasteiger partial charge in [0.25, 0.3) is 0 Å². The van der Waals surface area contributed by atoms with E-state index in [1.54, 1.807) is 31.4 Å². The van der Waals surface area contributed by atoms with Crippen molar-refractivity contribution in [3.8, 4) is 28.3 Å². The molecule has 4 aromatic carbocycles. The summed E-state index contributed by atoms with van der Waals surface area (Å²) in [6, 6.07) is 31.2. The van der Waals surface area contributed by atoms with Gasteiger partial charge in [0.15, 0.2) is 17.6 Å². The van der Waals surface area contributed by atoms with Gasteiger partial charge in [0, 0.05) is 26.7 Å². The minimum absolute atomic E-state index is 0.255. The summed E-state index contributed by atoms with van der Waals surface area (Å²) in [5.74, 6) is 0.754. The molecule has 2 atom stereocenters. The van der Waals surface area contributed by atoms with E-state index in [9.17, 15) is 0 Å². The van der Waals surface area contributed by atoms with Gasteiger partial charge in [-0.2, -0.15) is 0 Å². The van der Waals surface area contributed by atoms with Crippen LogP contribution in [-0.2, 0) is 4.84 Å². The number of oxime groups is 1. The van der Waals surface area contributed by atoms with Gasteiger partial charge in [0.1, 0.15) is 22.6 Å². The Labute approximate surface area is 247 Å². The molecule has 6 rings (SSSR count). The van der Waals surface area contributed by atoms with Crippen LogP contribution in [0.15, 0.2) is 113 Å². The maximum absolute atomic E-state index is 15.1. The maximum Gasteiger partial charge on any atom is 0.185 e. The lowest BCUT2D eigenvalue weighted by Gasteiger charge is -2.29. The third kappa shape index (κ3) is 4.79. The Kier molecular flexibility index (Phi) is 7.12. The number of ketones is 1. The average molecular weight is 583 g/mol. The smallest absolute Gasteiger partial charge is 0.185 e. The van der Waals surface area contributed by atoms with Gasteiger partial charge in [-0.25, -0.2) is 0 Å². The van der Waals surface area contributed by atoms with Crippen molar-refractivity contribution in [2.24, 2.45) is 10.6 Å². The molecule has 2 heterocycles. The number of Topliss-reactive ketones (excluding diaryl/α,β-unsaturated/α-hetero) is 1. The molecule has 0 amide bonds. The van der Waals surface area contributed by atoms with Gasteiger partial charge in [-0.1, -0.05) is 88.1 Å². The van der Waals surface area contributed by atoms with Crippen molar-refractivity contribution in [3.63, 3.8) is 0 Å².